The lowest BCUT2D eigenvalue weighted by molar-refractivity contribution is -0.903. The largest absolute Gasteiger partial charge is 0.385 e. The number of anilines is 1. The summed E-state index contributed by atoms with van der Waals surface area (Å²) in [5, 5.41) is 21.6. The van der Waals surface area contributed by atoms with Crippen LogP contribution in [0.15, 0.2) is 59.5 Å². The van der Waals surface area contributed by atoms with Crippen LogP contribution in [0.1, 0.15) is 26.7 Å². The van der Waals surface area contributed by atoms with E-state index in [0.717, 1.165) is 25.9 Å². The van der Waals surface area contributed by atoms with Crippen LogP contribution in [0, 0.1) is 10.1 Å². The fraction of sp³-hybridized carbons (Fsp3) is 0.429. The summed E-state index contributed by atoms with van der Waals surface area (Å²) in [5.41, 5.74) is 0.251. The predicted molar refractivity (Wildman–Crippen MR) is 116 cm³/mol. The Balaban J connectivity index is 2.32. The molecule has 0 radical (unpaired) electrons. The maximum atomic E-state index is 13.3. The minimum atomic E-state index is -4.01. The fourth-order valence-corrected chi connectivity index (χ4v) is 4.93. The first kappa shape index (κ1) is 23.8. The first-order valence-electron chi connectivity index (χ1n) is 10.1. The van der Waals surface area contributed by atoms with Gasteiger partial charge in [0.1, 0.15) is 12.6 Å². The molecule has 0 aromatic heterocycles. The Kier molecular flexibility index (Phi) is 8.76. The van der Waals surface area contributed by atoms with Crippen LogP contribution in [0.4, 0.5) is 11.4 Å². The van der Waals surface area contributed by atoms with Crippen molar-refractivity contribution in [1.82, 2.24) is 0 Å². The molecule has 30 heavy (non-hydrogen) atoms. The SMILES string of the molecule is CCC[NH+](CCC)C[C@@H](O)CN(c1ccccc1)S(=O)(=O)c1ccc([N+](=O)[O-])cc1. The van der Waals surface area contributed by atoms with E-state index in [9.17, 15) is 23.6 Å². The summed E-state index contributed by atoms with van der Waals surface area (Å²) in [6.45, 7) is 6.33. The van der Waals surface area contributed by atoms with Crippen LogP contribution in [0.5, 0.6) is 0 Å². The summed E-state index contributed by atoms with van der Waals surface area (Å²) < 4.78 is 27.8. The Morgan fingerprint density at radius 1 is 1.03 bits per heavy atom. The van der Waals surface area contributed by atoms with Crippen molar-refractivity contribution in [1.29, 1.82) is 0 Å². The van der Waals surface area contributed by atoms with Gasteiger partial charge in [0, 0.05) is 12.1 Å². The van der Waals surface area contributed by atoms with Crippen molar-refractivity contribution in [2.45, 2.75) is 37.7 Å². The quantitative estimate of drug-likeness (QED) is 0.390. The lowest BCUT2D eigenvalue weighted by atomic mass is 10.2. The Labute approximate surface area is 178 Å². The highest BCUT2D eigenvalue weighted by Crippen LogP contribution is 2.25. The molecule has 2 aromatic carbocycles. The van der Waals surface area contributed by atoms with Crippen LogP contribution < -0.4 is 9.21 Å². The molecule has 1 atom stereocenters. The number of rotatable bonds is 12. The zero-order valence-corrected chi connectivity index (χ0v) is 18.2. The number of sulfonamides is 1. The van der Waals surface area contributed by atoms with Gasteiger partial charge in [-0.15, -0.1) is 0 Å². The molecular formula is C21H30N3O5S+. The van der Waals surface area contributed by atoms with Crippen LogP contribution in [0.3, 0.4) is 0 Å². The Morgan fingerprint density at radius 3 is 2.10 bits per heavy atom. The van der Waals surface area contributed by atoms with Gasteiger partial charge >= 0.3 is 0 Å². The Hall–Kier alpha value is -2.49. The zero-order valence-electron chi connectivity index (χ0n) is 17.4. The predicted octanol–water partition coefficient (Wildman–Crippen LogP) is 1.86. The van der Waals surface area contributed by atoms with Crippen molar-refractivity contribution in [3.8, 4) is 0 Å². The zero-order chi connectivity index (χ0) is 22.1. The molecular weight excluding hydrogens is 406 g/mol. The van der Waals surface area contributed by atoms with Crippen molar-refractivity contribution in [3.63, 3.8) is 0 Å². The molecule has 0 unspecified atom stereocenters. The number of non-ortho nitro benzene ring substituents is 1. The number of nitro groups is 1. The molecule has 8 nitrogen and oxygen atoms in total. The first-order chi connectivity index (χ1) is 14.3. The molecule has 0 fully saturated rings. The summed E-state index contributed by atoms with van der Waals surface area (Å²) >= 11 is 0. The van der Waals surface area contributed by atoms with Crippen LogP contribution in [0.25, 0.3) is 0 Å². The van der Waals surface area contributed by atoms with Crippen molar-refractivity contribution in [3.05, 3.63) is 64.7 Å². The van der Waals surface area contributed by atoms with E-state index < -0.39 is 21.1 Å². The molecule has 2 N–H and O–H groups in total. The highest BCUT2D eigenvalue weighted by Gasteiger charge is 2.29. The number of quaternary nitrogens is 1. The average molecular weight is 437 g/mol. The molecule has 164 valence electrons. The first-order valence-corrected chi connectivity index (χ1v) is 11.6. The van der Waals surface area contributed by atoms with Gasteiger partial charge in [-0.1, -0.05) is 32.0 Å². The van der Waals surface area contributed by atoms with Gasteiger partial charge in [-0.05, 0) is 37.1 Å². The van der Waals surface area contributed by atoms with Crippen LogP contribution >= 0.6 is 0 Å². The summed E-state index contributed by atoms with van der Waals surface area (Å²) in [6, 6.07) is 13.4. The van der Waals surface area contributed by atoms with Crippen LogP contribution in [0.2, 0.25) is 0 Å². The van der Waals surface area contributed by atoms with E-state index in [2.05, 4.69) is 13.8 Å². The van der Waals surface area contributed by atoms with E-state index in [-0.39, 0.29) is 17.1 Å². The van der Waals surface area contributed by atoms with Gasteiger partial charge in [0.05, 0.1) is 35.1 Å². The second-order valence-corrected chi connectivity index (χ2v) is 9.09. The van der Waals surface area contributed by atoms with E-state index >= 15 is 0 Å². The molecule has 0 heterocycles. The topological polar surface area (TPSA) is 105 Å². The molecule has 0 aliphatic carbocycles. The van der Waals surface area contributed by atoms with E-state index in [1.165, 1.54) is 33.5 Å². The minimum absolute atomic E-state index is 0.0597. The van der Waals surface area contributed by atoms with E-state index in [0.29, 0.717) is 12.2 Å². The maximum absolute atomic E-state index is 13.3. The van der Waals surface area contributed by atoms with Gasteiger partial charge in [0.25, 0.3) is 15.7 Å². The Bertz CT molecular complexity index is 898. The molecule has 0 saturated heterocycles. The summed E-state index contributed by atoms with van der Waals surface area (Å²) in [7, 11) is -4.01. The number of nitrogens with zero attached hydrogens (tertiary/aromatic N) is 2. The van der Waals surface area contributed by atoms with Crippen molar-refractivity contribution in [2.24, 2.45) is 0 Å². The lowest BCUT2D eigenvalue weighted by Crippen LogP contribution is -3.13. The number of hydrogen-bond acceptors (Lipinski definition) is 5. The standard InChI is InChI=1S/C21H29N3O5S/c1-3-14-22(15-4-2)16-20(25)17-23(18-8-6-5-7-9-18)30(28,29)21-12-10-19(11-13-21)24(26)27/h5-13,20,25H,3-4,14-17H2,1-2H3/p+1/t20-/m1/s1. The highest BCUT2D eigenvalue weighted by molar-refractivity contribution is 7.92. The van der Waals surface area contributed by atoms with Crippen molar-refractivity contribution < 1.29 is 23.3 Å². The van der Waals surface area contributed by atoms with Crippen LogP contribution in [-0.4, -0.2) is 50.7 Å². The second kappa shape index (κ2) is 11.1. The number of nitro benzene ring substituents is 1. The normalized spacial score (nSPS) is 12.7. The number of aliphatic hydroxyl groups excluding tert-OH is 1. The molecule has 2 rings (SSSR count). The molecule has 0 spiro atoms. The van der Waals surface area contributed by atoms with Crippen LogP contribution in [-0.2, 0) is 10.0 Å². The molecule has 0 saturated carbocycles. The molecule has 0 bridgehead atoms. The average Bonchev–Trinajstić information content (AvgIpc) is 2.73. The third-order valence-corrected chi connectivity index (χ3v) is 6.60. The smallest absolute Gasteiger partial charge is 0.269 e. The van der Waals surface area contributed by atoms with Crippen molar-refractivity contribution in [2.75, 3.05) is 30.5 Å². The molecule has 9 heteroatoms. The molecule has 0 amide bonds. The van der Waals surface area contributed by atoms with Gasteiger partial charge in [0.2, 0.25) is 0 Å². The van der Waals surface area contributed by atoms with Gasteiger partial charge in [-0.3, -0.25) is 14.4 Å². The number of para-hydroxylation sites is 1. The number of hydrogen-bond donors (Lipinski definition) is 2. The van der Waals surface area contributed by atoms with E-state index in [1.807, 2.05) is 0 Å². The maximum Gasteiger partial charge on any atom is 0.269 e. The van der Waals surface area contributed by atoms with Gasteiger partial charge in [-0.2, -0.15) is 0 Å². The summed E-state index contributed by atoms with van der Waals surface area (Å²) in [4.78, 5) is 11.5. The van der Waals surface area contributed by atoms with E-state index in [1.54, 1.807) is 30.3 Å². The van der Waals surface area contributed by atoms with Gasteiger partial charge in [-0.25, -0.2) is 8.42 Å². The number of benzene rings is 2. The summed E-state index contributed by atoms with van der Waals surface area (Å²) in [5.74, 6) is 0. The lowest BCUT2D eigenvalue weighted by Gasteiger charge is -2.28. The summed E-state index contributed by atoms with van der Waals surface area (Å²) in [6.07, 6.45) is 1.10. The van der Waals surface area contributed by atoms with E-state index in [4.69, 9.17) is 0 Å². The third kappa shape index (κ3) is 6.25. The monoisotopic (exact) mass is 436 g/mol. The third-order valence-electron chi connectivity index (χ3n) is 4.79. The van der Waals surface area contributed by atoms with Gasteiger partial charge in [0.15, 0.2) is 0 Å². The molecule has 0 aliphatic heterocycles. The minimum Gasteiger partial charge on any atom is -0.385 e. The molecule has 2 aromatic rings. The number of aliphatic hydroxyl groups is 1. The Morgan fingerprint density at radius 2 is 1.60 bits per heavy atom. The highest BCUT2D eigenvalue weighted by atomic mass is 32.2. The molecule has 0 aliphatic rings. The fourth-order valence-electron chi connectivity index (χ4n) is 3.43. The number of nitrogens with one attached hydrogen (secondary N) is 1. The van der Waals surface area contributed by atoms with Gasteiger partial charge < -0.3 is 10.0 Å². The second-order valence-electron chi connectivity index (χ2n) is 7.23. The van der Waals surface area contributed by atoms with Crippen molar-refractivity contribution >= 4 is 21.4 Å².